The normalized spacial score (nSPS) is 11.9. The first kappa shape index (κ1) is 28.1. The highest BCUT2D eigenvalue weighted by Crippen LogP contribution is 2.33. The number of halogens is 1. The summed E-state index contributed by atoms with van der Waals surface area (Å²) in [6.07, 6.45) is 9.20. The second-order valence-electron chi connectivity index (χ2n) is 10.4. The van der Waals surface area contributed by atoms with Gasteiger partial charge in [-0.2, -0.15) is 5.10 Å². The summed E-state index contributed by atoms with van der Waals surface area (Å²) in [5.74, 6) is -0.353. The van der Waals surface area contributed by atoms with E-state index < -0.39 is 15.8 Å². The Hall–Kier alpha value is -5.08. The van der Waals surface area contributed by atoms with E-state index in [1.54, 1.807) is 37.1 Å². The first-order chi connectivity index (χ1) is 20.5. The summed E-state index contributed by atoms with van der Waals surface area (Å²) in [5.41, 5.74) is 5.80. The summed E-state index contributed by atoms with van der Waals surface area (Å²) in [6, 6.07) is 8.05. The minimum absolute atomic E-state index is 0.0596. The second-order valence-corrected chi connectivity index (χ2v) is 12.2. The molecule has 0 fully saturated rings. The number of H-pyrrole nitrogens is 2. The fourth-order valence-corrected chi connectivity index (χ4v) is 5.00. The monoisotopic (exact) mass is 599 g/mol. The number of carbonyl (C=O) groups is 1. The molecule has 1 amide bonds. The van der Waals surface area contributed by atoms with Crippen LogP contribution in [0.5, 0.6) is 0 Å². The Morgan fingerprint density at radius 3 is 2.56 bits per heavy atom. The summed E-state index contributed by atoms with van der Waals surface area (Å²) in [6.45, 7) is 3.57. The number of fused-ring (bicyclic) bond motifs is 2. The van der Waals surface area contributed by atoms with E-state index >= 15 is 0 Å². The molecule has 0 aliphatic carbocycles. The number of amides is 1. The summed E-state index contributed by atoms with van der Waals surface area (Å²) < 4.78 is 40.0. The smallest absolute Gasteiger partial charge is 0.226 e. The van der Waals surface area contributed by atoms with Crippen LogP contribution in [-0.2, 0) is 21.4 Å². The third-order valence-electron chi connectivity index (χ3n) is 6.71. The van der Waals surface area contributed by atoms with Gasteiger partial charge in [-0.1, -0.05) is 13.8 Å². The molecule has 0 atom stereocenters. The predicted octanol–water partition coefficient (Wildman–Crippen LogP) is 4.41. The molecule has 14 heteroatoms. The number of hydrogen-bond acceptors (Lipinski definition) is 8. The highest BCUT2D eigenvalue weighted by molar-refractivity contribution is 7.88. The Bertz CT molecular complexity index is 2120. The van der Waals surface area contributed by atoms with Gasteiger partial charge in [0.1, 0.15) is 11.5 Å². The summed E-state index contributed by atoms with van der Waals surface area (Å²) >= 11 is 0. The van der Waals surface area contributed by atoms with Gasteiger partial charge in [0, 0.05) is 47.7 Å². The summed E-state index contributed by atoms with van der Waals surface area (Å²) in [5, 5.41) is 10.9. The zero-order valence-electron chi connectivity index (χ0n) is 23.3. The molecule has 5 heterocycles. The molecule has 0 spiro atoms. The lowest BCUT2D eigenvalue weighted by Crippen LogP contribution is -2.21. The number of aromatic nitrogens is 7. The quantitative estimate of drug-likeness (QED) is 0.199. The number of pyridine rings is 3. The maximum absolute atomic E-state index is 14.6. The van der Waals surface area contributed by atoms with Crippen LogP contribution in [0.2, 0.25) is 0 Å². The molecular weight excluding hydrogens is 573 g/mol. The van der Waals surface area contributed by atoms with E-state index in [9.17, 15) is 17.6 Å². The molecule has 0 aliphatic heterocycles. The molecule has 43 heavy (non-hydrogen) atoms. The molecule has 0 saturated carbocycles. The van der Waals surface area contributed by atoms with Crippen molar-refractivity contribution in [1.29, 1.82) is 0 Å². The van der Waals surface area contributed by atoms with Crippen LogP contribution in [0.3, 0.4) is 0 Å². The van der Waals surface area contributed by atoms with Gasteiger partial charge in [-0.05, 0) is 41.5 Å². The Labute approximate surface area is 245 Å². The van der Waals surface area contributed by atoms with Gasteiger partial charge in [0.2, 0.25) is 15.9 Å². The molecule has 1 aromatic carbocycles. The Balaban J connectivity index is 1.38. The van der Waals surface area contributed by atoms with Crippen molar-refractivity contribution in [1.82, 2.24) is 39.8 Å². The van der Waals surface area contributed by atoms with Crippen molar-refractivity contribution in [3.8, 4) is 33.8 Å². The van der Waals surface area contributed by atoms with Crippen molar-refractivity contribution in [3.63, 3.8) is 0 Å². The third kappa shape index (κ3) is 5.96. The molecular formula is C29H26FN9O3S. The van der Waals surface area contributed by atoms with Gasteiger partial charge < -0.3 is 10.3 Å². The number of carbonyl (C=O) groups excluding carboxylic acids is 1. The van der Waals surface area contributed by atoms with E-state index in [2.05, 4.69) is 40.2 Å². The lowest BCUT2D eigenvalue weighted by Gasteiger charge is -2.09. The Kier molecular flexibility index (Phi) is 7.15. The number of nitrogens with zero attached hydrogens (tertiary/aromatic N) is 5. The van der Waals surface area contributed by atoms with Crippen LogP contribution in [0.1, 0.15) is 19.4 Å². The van der Waals surface area contributed by atoms with E-state index in [-0.39, 0.29) is 18.4 Å². The van der Waals surface area contributed by atoms with Gasteiger partial charge in [0.05, 0.1) is 40.8 Å². The lowest BCUT2D eigenvalue weighted by molar-refractivity contribution is -0.118. The topological polar surface area (TPSA) is 171 Å². The molecule has 12 nitrogen and oxygen atoms in total. The fraction of sp³-hybridized carbons (Fsp3) is 0.172. The zero-order valence-corrected chi connectivity index (χ0v) is 24.1. The predicted molar refractivity (Wildman–Crippen MR) is 161 cm³/mol. The van der Waals surface area contributed by atoms with E-state index in [4.69, 9.17) is 4.98 Å². The number of rotatable bonds is 8. The number of anilines is 1. The molecule has 0 bridgehead atoms. The van der Waals surface area contributed by atoms with Gasteiger partial charge >= 0.3 is 0 Å². The summed E-state index contributed by atoms with van der Waals surface area (Å²) in [7, 11) is -3.46. The number of aromatic amines is 2. The molecule has 0 unspecified atom stereocenters. The number of sulfonamides is 1. The highest BCUT2D eigenvalue weighted by Gasteiger charge is 2.18. The molecule has 0 saturated heterocycles. The van der Waals surface area contributed by atoms with Crippen molar-refractivity contribution in [2.24, 2.45) is 5.92 Å². The van der Waals surface area contributed by atoms with Crippen molar-refractivity contribution < 1.29 is 17.6 Å². The van der Waals surface area contributed by atoms with Crippen LogP contribution >= 0.6 is 0 Å². The van der Waals surface area contributed by atoms with E-state index in [1.807, 2.05) is 26.0 Å². The number of benzene rings is 1. The van der Waals surface area contributed by atoms with Gasteiger partial charge in [-0.15, -0.1) is 0 Å². The van der Waals surface area contributed by atoms with Gasteiger partial charge in [0.15, 0.2) is 11.5 Å². The van der Waals surface area contributed by atoms with Crippen LogP contribution in [0.25, 0.3) is 55.8 Å². The molecule has 218 valence electrons. The Morgan fingerprint density at radius 2 is 1.77 bits per heavy atom. The zero-order chi connectivity index (χ0) is 30.3. The number of hydrogen-bond donors (Lipinski definition) is 4. The van der Waals surface area contributed by atoms with Gasteiger partial charge in [-0.25, -0.2) is 27.5 Å². The largest absolute Gasteiger partial charge is 0.335 e. The number of nitrogens with one attached hydrogen (secondary N) is 4. The summed E-state index contributed by atoms with van der Waals surface area (Å²) in [4.78, 5) is 33.3. The van der Waals surface area contributed by atoms with Gasteiger partial charge in [0.25, 0.3) is 0 Å². The first-order valence-electron chi connectivity index (χ1n) is 13.2. The van der Waals surface area contributed by atoms with Crippen LogP contribution in [0.4, 0.5) is 10.1 Å². The molecule has 6 aromatic rings. The van der Waals surface area contributed by atoms with E-state index in [1.165, 1.54) is 12.1 Å². The maximum atomic E-state index is 14.6. The molecule has 6 rings (SSSR count). The standard InChI is InChI=1S/C29H26FN9O3S/c1-15(2)29(40)35-21-7-18(10-31-12-21)19-8-22-26(38-39-27(22)33-11-19)28-36-24-14-32-13-23(25(24)37-28)17-4-16(5-20(30)6-17)9-34-43(3,41)42/h4-8,10-15,34H,9H2,1-3H3,(H,35,40)(H,36,37)(H,33,38,39). The van der Waals surface area contributed by atoms with Crippen molar-refractivity contribution in [2.75, 3.05) is 11.6 Å². The van der Waals surface area contributed by atoms with Crippen LogP contribution in [-0.4, -0.2) is 55.7 Å². The third-order valence-corrected chi connectivity index (χ3v) is 7.37. The first-order valence-corrected chi connectivity index (χ1v) is 15.1. The van der Waals surface area contributed by atoms with Gasteiger partial charge in [-0.3, -0.25) is 19.9 Å². The van der Waals surface area contributed by atoms with Crippen molar-refractivity contribution in [3.05, 3.63) is 72.7 Å². The van der Waals surface area contributed by atoms with Crippen LogP contribution < -0.4 is 10.0 Å². The molecule has 5 aromatic heterocycles. The fourth-order valence-electron chi connectivity index (χ4n) is 4.57. The maximum Gasteiger partial charge on any atom is 0.226 e. The second kappa shape index (κ2) is 11.0. The highest BCUT2D eigenvalue weighted by atomic mass is 32.2. The SMILES string of the molecule is CC(C)C(=O)Nc1cncc(-c2cnc3[nH]nc(-c4nc5c(-c6cc(F)cc(CNS(C)(=O)=O)c6)cncc5[nH]4)c3c2)c1. The van der Waals surface area contributed by atoms with Crippen molar-refractivity contribution >= 4 is 43.7 Å². The van der Waals surface area contributed by atoms with Crippen LogP contribution in [0.15, 0.2) is 61.3 Å². The molecule has 4 N–H and O–H groups in total. The minimum atomic E-state index is -3.46. The molecule has 0 radical (unpaired) electrons. The lowest BCUT2D eigenvalue weighted by atomic mass is 10.0. The van der Waals surface area contributed by atoms with E-state index in [0.29, 0.717) is 56.0 Å². The number of imidazole rings is 1. The van der Waals surface area contributed by atoms with Crippen molar-refractivity contribution in [2.45, 2.75) is 20.4 Å². The Morgan fingerprint density at radius 1 is 0.977 bits per heavy atom. The average molecular weight is 600 g/mol. The minimum Gasteiger partial charge on any atom is -0.335 e. The van der Waals surface area contributed by atoms with Crippen LogP contribution in [0, 0.1) is 11.7 Å². The average Bonchev–Trinajstić information content (AvgIpc) is 3.59. The molecule has 0 aliphatic rings. The van der Waals surface area contributed by atoms with E-state index in [0.717, 1.165) is 17.4 Å².